The Hall–Kier alpha value is -2.11. The van der Waals surface area contributed by atoms with E-state index in [1.807, 2.05) is 18.3 Å². The molecule has 2 aliphatic rings. The van der Waals surface area contributed by atoms with Crippen LogP contribution in [0.4, 0.5) is 5.69 Å². The zero-order chi connectivity index (χ0) is 22.3. The lowest BCUT2D eigenvalue weighted by Gasteiger charge is -2.41. The number of likely N-dealkylation sites (N-methyl/N-ethyl adjacent to an activating group) is 1. The van der Waals surface area contributed by atoms with E-state index in [0.29, 0.717) is 0 Å². The summed E-state index contributed by atoms with van der Waals surface area (Å²) in [6, 6.07) is 10.4. The van der Waals surface area contributed by atoms with Gasteiger partial charge in [0.05, 0.1) is 23.3 Å². The number of halogens is 1. The molecule has 0 aliphatic carbocycles. The summed E-state index contributed by atoms with van der Waals surface area (Å²) in [5.41, 5.74) is 5.70. The molecule has 6 heteroatoms. The first kappa shape index (κ1) is 22.1. The Labute approximate surface area is 196 Å². The molecule has 1 aromatic heterocycles. The number of pyridine rings is 1. The lowest BCUT2D eigenvalue weighted by atomic mass is 9.86. The molecule has 1 fully saturated rings. The minimum atomic E-state index is -0.0535. The van der Waals surface area contributed by atoms with Crippen molar-refractivity contribution in [2.24, 2.45) is 0 Å². The second-order valence-electron chi connectivity index (χ2n) is 9.10. The van der Waals surface area contributed by atoms with E-state index >= 15 is 0 Å². The predicted octanol–water partition coefficient (Wildman–Crippen LogP) is 6.14. The van der Waals surface area contributed by atoms with Crippen molar-refractivity contribution in [1.82, 2.24) is 15.2 Å². The van der Waals surface area contributed by atoms with Gasteiger partial charge in [-0.3, -0.25) is 4.98 Å². The maximum Gasteiger partial charge on any atom is 0.170 e. The van der Waals surface area contributed by atoms with E-state index in [2.05, 4.69) is 79.1 Å². The second kappa shape index (κ2) is 8.44. The Kier molecular flexibility index (Phi) is 6.01. The molecule has 3 heterocycles. The number of nitrogens with zero attached hydrogens (tertiary/aromatic N) is 3. The van der Waals surface area contributed by atoms with Gasteiger partial charge in [0.15, 0.2) is 5.11 Å². The van der Waals surface area contributed by atoms with E-state index in [-0.39, 0.29) is 17.6 Å². The average molecular weight is 455 g/mol. The molecule has 31 heavy (non-hydrogen) atoms. The Balaban J connectivity index is 1.84. The first-order chi connectivity index (χ1) is 14.7. The van der Waals surface area contributed by atoms with E-state index in [4.69, 9.17) is 23.8 Å². The molecular formula is C25H31ClN4S. The quantitative estimate of drug-likeness (QED) is 0.548. The van der Waals surface area contributed by atoms with Gasteiger partial charge in [-0.05, 0) is 74.8 Å². The second-order valence-corrected chi connectivity index (χ2v) is 9.90. The SMILES string of the molecule is CCCCN1C(=S)N[C@H](c2ccccn2)[C@H]1c1cc2c(cc1Cl)N(C)C(C)(C)C=C2C. The van der Waals surface area contributed by atoms with Crippen LogP contribution in [0, 0.1) is 0 Å². The number of rotatable bonds is 5. The zero-order valence-electron chi connectivity index (χ0n) is 18.9. The van der Waals surface area contributed by atoms with Gasteiger partial charge in [0.1, 0.15) is 0 Å². The highest BCUT2D eigenvalue weighted by Gasteiger charge is 2.41. The topological polar surface area (TPSA) is 31.4 Å². The van der Waals surface area contributed by atoms with Gasteiger partial charge in [-0.1, -0.05) is 37.1 Å². The Morgan fingerprint density at radius 2 is 2.03 bits per heavy atom. The van der Waals surface area contributed by atoms with Crippen molar-refractivity contribution in [2.75, 3.05) is 18.5 Å². The molecule has 0 spiro atoms. The summed E-state index contributed by atoms with van der Waals surface area (Å²) in [5, 5.41) is 5.07. The maximum atomic E-state index is 6.98. The number of nitrogens with one attached hydrogen (secondary N) is 1. The molecule has 2 atom stereocenters. The fourth-order valence-corrected chi connectivity index (χ4v) is 5.33. The molecule has 164 valence electrons. The maximum absolute atomic E-state index is 6.98. The number of unbranched alkanes of at least 4 members (excludes halogenated alkanes) is 1. The lowest BCUT2D eigenvalue weighted by Crippen LogP contribution is -2.42. The first-order valence-electron chi connectivity index (χ1n) is 11.0. The van der Waals surface area contributed by atoms with Crippen molar-refractivity contribution in [3.05, 3.63) is 64.4 Å². The fourth-order valence-electron chi connectivity index (χ4n) is 4.73. The van der Waals surface area contributed by atoms with Crippen molar-refractivity contribution >= 4 is 40.2 Å². The zero-order valence-corrected chi connectivity index (χ0v) is 20.5. The largest absolute Gasteiger partial charge is 0.365 e. The van der Waals surface area contributed by atoms with Gasteiger partial charge in [0.2, 0.25) is 0 Å². The highest BCUT2D eigenvalue weighted by atomic mass is 35.5. The molecule has 0 amide bonds. The van der Waals surface area contributed by atoms with Gasteiger partial charge in [0.25, 0.3) is 0 Å². The molecule has 2 aromatic rings. The molecule has 4 rings (SSSR count). The third kappa shape index (κ3) is 3.94. The van der Waals surface area contributed by atoms with Crippen LogP contribution < -0.4 is 10.2 Å². The first-order valence-corrected chi connectivity index (χ1v) is 11.8. The van der Waals surface area contributed by atoms with Crippen LogP contribution in [0.1, 0.15) is 69.4 Å². The van der Waals surface area contributed by atoms with Gasteiger partial charge in [-0.2, -0.15) is 0 Å². The number of fused-ring (bicyclic) bond motifs is 1. The van der Waals surface area contributed by atoms with Crippen LogP contribution in [0.5, 0.6) is 0 Å². The number of hydrogen-bond donors (Lipinski definition) is 1. The van der Waals surface area contributed by atoms with Gasteiger partial charge < -0.3 is 15.1 Å². The molecule has 4 nitrogen and oxygen atoms in total. The summed E-state index contributed by atoms with van der Waals surface area (Å²) >= 11 is 12.8. The Morgan fingerprint density at radius 1 is 1.26 bits per heavy atom. The molecule has 1 aromatic carbocycles. The molecule has 0 bridgehead atoms. The summed E-state index contributed by atoms with van der Waals surface area (Å²) in [6.07, 6.45) is 6.35. The average Bonchev–Trinajstić information content (AvgIpc) is 3.06. The number of allylic oxidation sites excluding steroid dienone is 1. The van der Waals surface area contributed by atoms with E-state index in [0.717, 1.165) is 40.8 Å². The Bertz CT molecular complexity index is 1020. The van der Waals surface area contributed by atoms with E-state index in [9.17, 15) is 0 Å². The minimum Gasteiger partial charge on any atom is -0.365 e. The number of aromatic nitrogens is 1. The van der Waals surface area contributed by atoms with Crippen molar-refractivity contribution in [3.63, 3.8) is 0 Å². The predicted molar refractivity (Wildman–Crippen MR) is 135 cm³/mol. The third-order valence-corrected chi connectivity index (χ3v) is 7.28. The van der Waals surface area contributed by atoms with Crippen LogP contribution in [-0.4, -0.2) is 34.1 Å². The van der Waals surface area contributed by atoms with Crippen molar-refractivity contribution < 1.29 is 0 Å². The van der Waals surface area contributed by atoms with E-state index in [1.54, 1.807) is 0 Å². The van der Waals surface area contributed by atoms with Crippen LogP contribution in [-0.2, 0) is 0 Å². The van der Waals surface area contributed by atoms with Gasteiger partial charge in [0, 0.05) is 36.1 Å². The molecule has 1 saturated heterocycles. The van der Waals surface area contributed by atoms with E-state index in [1.165, 1.54) is 16.8 Å². The standard InChI is InChI=1S/C25H31ClN4S/c1-6-7-12-30-23(22(28-24(30)31)20-10-8-9-11-27-20)18-13-17-16(2)15-25(3,4)29(5)21(17)14-19(18)26/h8-11,13-15,22-23H,6-7,12H2,1-5H3,(H,28,31)/t22-,23-/m1/s1. The number of benzene rings is 1. The van der Waals surface area contributed by atoms with Crippen molar-refractivity contribution in [1.29, 1.82) is 0 Å². The van der Waals surface area contributed by atoms with Crippen LogP contribution in [0.15, 0.2) is 42.6 Å². The molecule has 2 aliphatic heterocycles. The van der Waals surface area contributed by atoms with E-state index < -0.39 is 0 Å². The van der Waals surface area contributed by atoms with Crippen molar-refractivity contribution in [2.45, 2.75) is 58.2 Å². The molecular weight excluding hydrogens is 424 g/mol. The van der Waals surface area contributed by atoms with Crippen LogP contribution in [0.2, 0.25) is 5.02 Å². The summed E-state index contributed by atoms with van der Waals surface area (Å²) in [6.45, 7) is 9.74. The minimum absolute atomic E-state index is 0.000192. The lowest BCUT2D eigenvalue weighted by molar-refractivity contribution is 0.313. The van der Waals surface area contributed by atoms with Crippen LogP contribution >= 0.6 is 23.8 Å². The normalized spacial score (nSPS) is 22.3. The van der Waals surface area contributed by atoms with Crippen LogP contribution in [0.25, 0.3) is 5.57 Å². The highest BCUT2D eigenvalue weighted by molar-refractivity contribution is 7.80. The Morgan fingerprint density at radius 3 is 2.71 bits per heavy atom. The number of thiocarbonyl (C=S) groups is 1. The highest BCUT2D eigenvalue weighted by Crippen LogP contribution is 2.46. The molecule has 1 N–H and O–H groups in total. The third-order valence-electron chi connectivity index (χ3n) is 6.60. The van der Waals surface area contributed by atoms with Gasteiger partial charge >= 0.3 is 0 Å². The fraction of sp³-hybridized carbons (Fsp3) is 0.440. The summed E-state index contributed by atoms with van der Waals surface area (Å²) in [5.74, 6) is 0. The van der Waals surface area contributed by atoms with Crippen LogP contribution in [0.3, 0.4) is 0 Å². The monoisotopic (exact) mass is 454 g/mol. The number of anilines is 1. The smallest absolute Gasteiger partial charge is 0.170 e. The molecule has 0 unspecified atom stereocenters. The molecule has 0 saturated carbocycles. The number of hydrogen-bond acceptors (Lipinski definition) is 3. The summed E-state index contributed by atoms with van der Waals surface area (Å²) in [7, 11) is 2.13. The summed E-state index contributed by atoms with van der Waals surface area (Å²) < 4.78 is 0. The summed E-state index contributed by atoms with van der Waals surface area (Å²) in [4.78, 5) is 9.23. The van der Waals surface area contributed by atoms with Crippen molar-refractivity contribution in [3.8, 4) is 0 Å². The van der Waals surface area contributed by atoms with Gasteiger partial charge in [-0.15, -0.1) is 0 Å². The molecule has 0 radical (unpaired) electrons. The van der Waals surface area contributed by atoms with Gasteiger partial charge in [-0.25, -0.2) is 0 Å².